The smallest absolute Gasteiger partial charge is 0.234 e. The number of halogens is 1. The zero-order valence-electron chi connectivity index (χ0n) is 22.1. The van der Waals surface area contributed by atoms with Gasteiger partial charge in [0.15, 0.2) is 0 Å². The number of nitrogens with one attached hydrogen (secondary N) is 1. The molecule has 0 spiro atoms. The molecule has 202 valence electrons. The lowest BCUT2D eigenvalue weighted by molar-refractivity contribution is -0.132. The van der Waals surface area contributed by atoms with Crippen molar-refractivity contribution in [2.24, 2.45) is 0 Å². The SMILES string of the molecule is O=C(C(c1ccccc1)c1ccccc1)N(CCCNc1ccnc2cc(Cl)ccc12)CCN1CCOCC1. The summed E-state index contributed by atoms with van der Waals surface area (Å²) < 4.78 is 5.52. The van der Waals surface area contributed by atoms with Gasteiger partial charge in [-0.2, -0.15) is 0 Å². The van der Waals surface area contributed by atoms with Gasteiger partial charge in [-0.15, -0.1) is 0 Å². The maximum absolute atomic E-state index is 14.2. The molecule has 1 aliphatic heterocycles. The van der Waals surface area contributed by atoms with Crippen molar-refractivity contribution >= 4 is 34.1 Å². The van der Waals surface area contributed by atoms with Gasteiger partial charge in [-0.05, 0) is 41.8 Å². The standard InChI is InChI=1S/C32H35ClN4O2/c33-27-12-13-28-29(14-16-35-30(28)24-27)34-15-7-17-37(19-18-36-20-22-39-23-21-36)32(38)31(25-8-3-1-4-9-25)26-10-5-2-6-11-26/h1-6,8-14,16,24,31H,7,15,17-23H2,(H,34,35). The van der Waals surface area contributed by atoms with E-state index in [1.807, 2.05) is 65.6 Å². The van der Waals surface area contributed by atoms with Gasteiger partial charge in [-0.3, -0.25) is 14.7 Å². The van der Waals surface area contributed by atoms with Gasteiger partial charge in [0.1, 0.15) is 0 Å². The predicted molar refractivity (Wildman–Crippen MR) is 158 cm³/mol. The van der Waals surface area contributed by atoms with Gasteiger partial charge < -0.3 is 15.0 Å². The summed E-state index contributed by atoms with van der Waals surface area (Å²) >= 11 is 6.15. The van der Waals surface area contributed by atoms with Crippen LogP contribution in [0.5, 0.6) is 0 Å². The van der Waals surface area contributed by atoms with Gasteiger partial charge in [-0.25, -0.2) is 0 Å². The first-order chi connectivity index (χ1) is 19.2. The predicted octanol–water partition coefficient (Wildman–Crippen LogP) is 5.68. The van der Waals surface area contributed by atoms with Crippen LogP contribution in [0.4, 0.5) is 5.69 Å². The zero-order chi connectivity index (χ0) is 26.9. The number of hydrogen-bond donors (Lipinski definition) is 1. The molecule has 0 atom stereocenters. The number of morpholine rings is 1. The van der Waals surface area contributed by atoms with E-state index in [-0.39, 0.29) is 11.8 Å². The van der Waals surface area contributed by atoms with E-state index in [9.17, 15) is 4.79 Å². The number of anilines is 1. The number of amides is 1. The highest BCUT2D eigenvalue weighted by atomic mass is 35.5. The summed E-state index contributed by atoms with van der Waals surface area (Å²) in [5, 5.41) is 5.26. The summed E-state index contributed by atoms with van der Waals surface area (Å²) in [6.45, 7) is 6.25. The number of ether oxygens (including phenoxy) is 1. The summed E-state index contributed by atoms with van der Waals surface area (Å²) in [6.07, 6.45) is 2.62. The molecule has 1 aliphatic rings. The second-order valence-electron chi connectivity index (χ2n) is 9.83. The number of aromatic nitrogens is 1. The highest BCUT2D eigenvalue weighted by molar-refractivity contribution is 6.31. The Morgan fingerprint density at radius 2 is 1.64 bits per heavy atom. The summed E-state index contributed by atoms with van der Waals surface area (Å²) in [6, 6.07) is 28.0. The summed E-state index contributed by atoms with van der Waals surface area (Å²) in [5.41, 5.74) is 3.92. The van der Waals surface area contributed by atoms with Crippen molar-refractivity contribution in [1.29, 1.82) is 0 Å². The van der Waals surface area contributed by atoms with Crippen LogP contribution in [-0.4, -0.2) is 73.2 Å². The van der Waals surface area contributed by atoms with Gasteiger partial charge in [0.25, 0.3) is 0 Å². The monoisotopic (exact) mass is 542 g/mol. The van der Waals surface area contributed by atoms with Crippen LogP contribution in [0.2, 0.25) is 5.02 Å². The van der Waals surface area contributed by atoms with E-state index in [4.69, 9.17) is 16.3 Å². The first-order valence-corrected chi connectivity index (χ1v) is 14.0. The topological polar surface area (TPSA) is 57.7 Å². The largest absolute Gasteiger partial charge is 0.384 e. The number of pyridine rings is 1. The van der Waals surface area contributed by atoms with E-state index in [0.717, 1.165) is 73.5 Å². The van der Waals surface area contributed by atoms with E-state index in [1.165, 1.54) is 0 Å². The lowest BCUT2D eigenvalue weighted by atomic mass is 9.90. The molecule has 1 amide bonds. The molecule has 0 unspecified atom stereocenters. The third-order valence-electron chi connectivity index (χ3n) is 7.24. The highest BCUT2D eigenvalue weighted by Gasteiger charge is 2.27. The molecule has 0 aliphatic carbocycles. The van der Waals surface area contributed by atoms with E-state index in [1.54, 1.807) is 6.20 Å². The molecule has 1 aromatic heterocycles. The normalized spacial score (nSPS) is 14.0. The molecule has 4 aromatic rings. The lowest BCUT2D eigenvalue weighted by Gasteiger charge is -2.32. The Morgan fingerprint density at radius 1 is 0.949 bits per heavy atom. The quantitative estimate of drug-likeness (QED) is 0.247. The van der Waals surface area contributed by atoms with Gasteiger partial charge in [0.05, 0.1) is 24.6 Å². The molecule has 7 heteroatoms. The molecule has 39 heavy (non-hydrogen) atoms. The Bertz CT molecular complexity index is 1310. The minimum absolute atomic E-state index is 0.143. The Balaban J connectivity index is 1.31. The molecule has 0 radical (unpaired) electrons. The van der Waals surface area contributed by atoms with Gasteiger partial charge >= 0.3 is 0 Å². The van der Waals surface area contributed by atoms with Gasteiger partial charge in [0, 0.05) is 61.6 Å². The number of rotatable bonds is 11. The first-order valence-electron chi connectivity index (χ1n) is 13.7. The molecule has 1 N–H and O–H groups in total. The maximum Gasteiger partial charge on any atom is 0.234 e. The van der Waals surface area contributed by atoms with E-state index in [0.29, 0.717) is 18.1 Å². The van der Waals surface area contributed by atoms with Crippen molar-refractivity contribution in [1.82, 2.24) is 14.8 Å². The number of carbonyl (C=O) groups excluding carboxylic acids is 1. The van der Waals surface area contributed by atoms with Crippen LogP contribution < -0.4 is 5.32 Å². The minimum atomic E-state index is -0.334. The molecule has 2 heterocycles. The number of fused-ring (bicyclic) bond motifs is 1. The molecule has 1 fully saturated rings. The second-order valence-corrected chi connectivity index (χ2v) is 10.3. The van der Waals surface area contributed by atoms with Crippen LogP contribution in [-0.2, 0) is 9.53 Å². The Morgan fingerprint density at radius 3 is 2.33 bits per heavy atom. The molecule has 6 nitrogen and oxygen atoms in total. The van der Waals surface area contributed by atoms with E-state index >= 15 is 0 Å². The van der Waals surface area contributed by atoms with Crippen molar-refractivity contribution in [2.45, 2.75) is 12.3 Å². The van der Waals surface area contributed by atoms with Crippen molar-refractivity contribution in [3.63, 3.8) is 0 Å². The number of hydrogen-bond acceptors (Lipinski definition) is 5. The Labute approximate surface area is 235 Å². The Kier molecular flexibility index (Phi) is 9.43. The van der Waals surface area contributed by atoms with Gasteiger partial charge in [-0.1, -0.05) is 72.3 Å². The molecular formula is C32H35ClN4O2. The fourth-order valence-corrected chi connectivity index (χ4v) is 5.30. The van der Waals surface area contributed by atoms with Crippen LogP contribution in [0, 0.1) is 0 Å². The Hall–Kier alpha value is -3.45. The van der Waals surface area contributed by atoms with Crippen LogP contribution >= 0.6 is 11.6 Å². The summed E-state index contributed by atoms with van der Waals surface area (Å²) in [4.78, 5) is 23.1. The van der Waals surface area contributed by atoms with E-state index in [2.05, 4.69) is 39.5 Å². The zero-order valence-corrected chi connectivity index (χ0v) is 22.9. The summed E-state index contributed by atoms with van der Waals surface area (Å²) in [5.74, 6) is -0.191. The molecule has 1 saturated heterocycles. The molecule has 0 bridgehead atoms. The third kappa shape index (κ3) is 7.15. The first kappa shape index (κ1) is 27.1. The lowest BCUT2D eigenvalue weighted by Crippen LogP contribution is -2.45. The summed E-state index contributed by atoms with van der Waals surface area (Å²) in [7, 11) is 0. The van der Waals surface area contributed by atoms with Crippen molar-refractivity contribution in [3.05, 3.63) is 107 Å². The van der Waals surface area contributed by atoms with E-state index < -0.39 is 0 Å². The van der Waals surface area contributed by atoms with Crippen molar-refractivity contribution in [2.75, 3.05) is 57.8 Å². The second kappa shape index (κ2) is 13.6. The number of benzene rings is 3. The minimum Gasteiger partial charge on any atom is -0.384 e. The highest BCUT2D eigenvalue weighted by Crippen LogP contribution is 2.28. The average Bonchev–Trinajstić information content (AvgIpc) is 2.98. The molecule has 0 saturated carbocycles. The third-order valence-corrected chi connectivity index (χ3v) is 7.47. The van der Waals surface area contributed by atoms with Crippen LogP contribution in [0.15, 0.2) is 91.1 Å². The average molecular weight is 543 g/mol. The maximum atomic E-state index is 14.2. The number of nitrogens with zero attached hydrogens (tertiary/aromatic N) is 3. The van der Waals surface area contributed by atoms with Crippen molar-refractivity contribution < 1.29 is 9.53 Å². The van der Waals surface area contributed by atoms with Crippen LogP contribution in [0.25, 0.3) is 10.9 Å². The van der Waals surface area contributed by atoms with Gasteiger partial charge in [0.2, 0.25) is 5.91 Å². The molecule has 5 rings (SSSR count). The number of carbonyl (C=O) groups is 1. The molecular weight excluding hydrogens is 508 g/mol. The van der Waals surface area contributed by atoms with Crippen molar-refractivity contribution in [3.8, 4) is 0 Å². The van der Waals surface area contributed by atoms with Crippen LogP contribution in [0.1, 0.15) is 23.5 Å². The van der Waals surface area contributed by atoms with Crippen LogP contribution in [0.3, 0.4) is 0 Å². The fourth-order valence-electron chi connectivity index (χ4n) is 5.14. The fraction of sp³-hybridized carbons (Fsp3) is 0.312. The molecule has 3 aromatic carbocycles.